The van der Waals surface area contributed by atoms with E-state index in [-0.39, 0.29) is 18.4 Å². The molecule has 0 saturated carbocycles. The van der Waals surface area contributed by atoms with E-state index in [1.165, 1.54) is 5.56 Å². The zero-order valence-corrected chi connectivity index (χ0v) is 12.7. The van der Waals surface area contributed by atoms with E-state index < -0.39 is 18.9 Å². The number of rotatable bonds is 7. The van der Waals surface area contributed by atoms with Crippen LogP contribution >= 0.6 is 0 Å². The second kappa shape index (κ2) is 7.27. The maximum Gasteiger partial charge on any atom is 0.411 e. The van der Waals surface area contributed by atoms with Gasteiger partial charge in [0.25, 0.3) is 0 Å². The normalized spacial score (nSPS) is 14.2. The van der Waals surface area contributed by atoms with Crippen molar-refractivity contribution in [2.75, 3.05) is 13.2 Å². The molecule has 0 aromatic heterocycles. The number of alkyl halides is 3. The summed E-state index contributed by atoms with van der Waals surface area (Å²) in [5.41, 5.74) is 1.94. The highest BCUT2D eigenvalue weighted by atomic mass is 19.4. The van der Waals surface area contributed by atoms with Gasteiger partial charge >= 0.3 is 6.18 Å². The minimum atomic E-state index is -4.32. The fourth-order valence-electron chi connectivity index (χ4n) is 1.91. The van der Waals surface area contributed by atoms with Crippen LogP contribution in [0, 0.1) is 0 Å². The molecule has 1 unspecified atom stereocenters. The molecular weight excluding hydrogens is 281 g/mol. The average molecular weight is 304 g/mol. The molecule has 120 valence electrons. The van der Waals surface area contributed by atoms with E-state index in [0.29, 0.717) is 5.56 Å². The van der Waals surface area contributed by atoms with Gasteiger partial charge in [0, 0.05) is 13.0 Å². The highest BCUT2D eigenvalue weighted by Crippen LogP contribution is 2.28. The zero-order valence-electron chi connectivity index (χ0n) is 12.7. The maximum atomic E-state index is 11.9. The zero-order chi connectivity index (χ0) is 16.1. The molecular formula is C16H23F3O2. The number of halogens is 3. The van der Waals surface area contributed by atoms with E-state index in [9.17, 15) is 18.3 Å². The van der Waals surface area contributed by atoms with Gasteiger partial charge in [-0.05, 0) is 23.0 Å². The Hall–Kier alpha value is -1.07. The molecule has 0 saturated heterocycles. The van der Waals surface area contributed by atoms with Gasteiger partial charge < -0.3 is 9.84 Å². The topological polar surface area (TPSA) is 29.5 Å². The maximum absolute atomic E-state index is 11.9. The molecule has 21 heavy (non-hydrogen) atoms. The summed E-state index contributed by atoms with van der Waals surface area (Å²) in [7, 11) is 0. The van der Waals surface area contributed by atoms with Crippen LogP contribution in [0.15, 0.2) is 24.3 Å². The van der Waals surface area contributed by atoms with Crippen LogP contribution in [-0.2, 0) is 10.2 Å². The molecule has 1 N–H and O–H groups in total. The molecule has 0 spiro atoms. The molecule has 0 radical (unpaired) electrons. The summed E-state index contributed by atoms with van der Waals surface area (Å²) in [6.07, 6.45) is -3.98. The van der Waals surface area contributed by atoms with Crippen molar-refractivity contribution >= 4 is 0 Å². The van der Waals surface area contributed by atoms with Crippen LogP contribution in [0.5, 0.6) is 0 Å². The van der Waals surface area contributed by atoms with E-state index in [1.807, 2.05) is 24.3 Å². The van der Waals surface area contributed by atoms with Gasteiger partial charge in [-0.1, -0.05) is 45.0 Å². The number of aliphatic hydroxyl groups is 1. The van der Waals surface area contributed by atoms with Gasteiger partial charge in [-0.15, -0.1) is 0 Å². The van der Waals surface area contributed by atoms with Crippen molar-refractivity contribution in [3.63, 3.8) is 0 Å². The van der Waals surface area contributed by atoms with E-state index >= 15 is 0 Å². The molecule has 1 aromatic rings. The van der Waals surface area contributed by atoms with Gasteiger partial charge in [-0.3, -0.25) is 0 Å². The molecule has 0 amide bonds. The molecule has 1 atom stereocenters. The Morgan fingerprint density at radius 1 is 1.14 bits per heavy atom. The predicted octanol–water partition coefficient (Wildman–Crippen LogP) is 4.38. The Morgan fingerprint density at radius 3 is 2.19 bits per heavy atom. The Balaban J connectivity index is 2.50. The van der Waals surface area contributed by atoms with Crippen molar-refractivity contribution in [2.24, 2.45) is 0 Å². The van der Waals surface area contributed by atoms with Crippen LogP contribution in [-0.4, -0.2) is 24.5 Å². The van der Waals surface area contributed by atoms with Crippen LogP contribution in [0.1, 0.15) is 50.8 Å². The van der Waals surface area contributed by atoms with Crippen LogP contribution < -0.4 is 0 Å². The Morgan fingerprint density at radius 2 is 1.71 bits per heavy atom. The van der Waals surface area contributed by atoms with E-state index in [0.717, 1.165) is 6.42 Å². The second-order valence-electron chi connectivity index (χ2n) is 5.83. The summed E-state index contributed by atoms with van der Waals surface area (Å²) in [6, 6.07) is 7.56. The lowest BCUT2D eigenvalue weighted by Crippen LogP contribution is -2.18. The first-order valence-electron chi connectivity index (χ1n) is 7.09. The lowest BCUT2D eigenvalue weighted by Gasteiger charge is -2.24. The molecule has 0 heterocycles. The van der Waals surface area contributed by atoms with E-state index in [2.05, 4.69) is 25.5 Å². The molecule has 5 heteroatoms. The lowest BCUT2D eigenvalue weighted by molar-refractivity contribution is -0.175. The standard InChI is InChI=1S/C16H23F3O2/c1-4-15(2,3)13-7-5-12(6-8-13)14(20)9-10-21-11-16(17,18)19/h5-8,14,20H,4,9-11H2,1-3H3. The van der Waals surface area contributed by atoms with Gasteiger partial charge in [0.1, 0.15) is 6.61 Å². The van der Waals surface area contributed by atoms with Gasteiger partial charge in [0.2, 0.25) is 0 Å². The Bertz CT molecular complexity index is 424. The monoisotopic (exact) mass is 304 g/mol. The Kier molecular flexibility index (Phi) is 6.23. The van der Waals surface area contributed by atoms with Crippen LogP contribution in [0.3, 0.4) is 0 Å². The van der Waals surface area contributed by atoms with Crippen molar-refractivity contribution < 1.29 is 23.0 Å². The van der Waals surface area contributed by atoms with Gasteiger partial charge in [-0.2, -0.15) is 13.2 Å². The van der Waals surface area contributed by atoms with Crippen molar-refractivity contribution in [1.82, 2.24) is 0 Å². The molecule has 0 aliphatic heterocycles. The van der Waals surface area contributed by atoms with Gasteiger partial charge in [0.15, 0.2) is 0 Å². The first-order chi connectivity index (χ1) is 9.65. The minimum Gasteiger partial charge on any atom is -0.388 e. The number of hydrogen-bond acceptors (Lipinski definition) is 2. The Labute approximate surface area is 123 Å². The van der Waals surface area contributed by atoms with Crippen molar-refractivity contribution in [3.8, 4) is 0 Å². The third-order valence-electron chi connectivity index (χ3n) is 3.76. The molecule has 1 aromatic carbocycles. The summed E-state index contributed by atoms with van der Waals surface area (Å²) in [5, 5.41) is 9.94. The van der Waals surface area contributed by atoms with E-state index in [1.54, 1.807) is 0 Å². The lowest BCUT2D eigenvalue weighted by atomic mass is 9.82. The highest BCUT2D eigenvalue weighted by molar-refractivity contribution is 5.29. The highest BCUT2D eigenvalue weighted by Gasteiger charge is 2.27. The smallest absolute Gasteiger partial charge is 0.388 e. The molecule has 0 bridgehead atoms. The molecule has 2 nitrogen and oxygen atoms in total. The van der Waals surface area contributed by atoms with Crippen LogP contribution in [0.2, 0.25) is 0 Å². The van der Waals surface area contributed by atoms with Gasteiger partial charge in [0.05, 0.1) is 6.10 Å². The quantitative estimate of drug-likeness (QED) is 0.758. The SMILES string of the molecule is CCC(C)(C)c1ccc(C(O)CCOCC(F)(F)F)cc1. The third-order valence-corrected chi connectivity index (χ3v) is 3.76. The van der Waals surface area contributed by atoms with Crippen molar-refractivity contribution in [2.45, 2.75) is 51.3 Å². The number of hydrogen-bond donors (Lipinski definition) is 1. The van der Waals surface area contributed by atoms with Crippen LogP contribution in [0.4, 0.5) is 13.2 Å². The third kappa shape index (κ3) is 6.06. The largest absolute Gasteiger partial charge is 0.411 e. The van der Waals surface area contributed by atoms with Gasteiger partial charge in [-0.25, -0.2) is 0 Å². The predicted molar refractivity (Wildman–Crippen MR) is 76.2 cm³/mol. The summed E-state index contributed by atoms with van der Waals surface area (Å²) in [5.74, 6) is 0. The van der Waals surface area contributed by atoms with E-state index in [4.69, 9.17) is 0 Å². The summed E-state index contributed by atoms with van der Waals surface area (Å²) in [4.78, 5) is 0. The van der Waals surface area contributed by atoms with Crippen molar-refractivity contribution in [1.29, 1.82) is 0 Å². The minimum absolute atomic E-state index is 0.0688. The fourth-order valence-corrected chi connectivity index (χ4v) is 1.91. The van der Waals surface area contributed by atoms with Crippen molar-refractivity contribution in [3.05, 3.63) is 35.4 Å². The number of benzene rings is 1. The summed E-state index contributed by atoms with van der Waals surface area (Å²) in [6.45, 7) is 5.00. The summed E-state index contributed by atoms with van der Waals surface area (Å²) < 4.78 is 40.2. The molecule has 1 rings (SSSR count). The first kappa shape index (κ1) is 18.0. The molecule has 0 fully saturated rings. The number of ether oxygens (including phenoxy) is 1. The second-order valence-corrected chi connectivity index (χ2v) is 5.83. The molecule has 0 aliphatic rings. The fraction of sp³-hybridized carbons (Fsp3) is 0.625. The number of aliphatic hydroxyl groups excluding tert-OH is 1. The molecule has 0 aliphatic carbocycles. The average Bonchev–Trinajstić information content (AvgIpc) is 2.42. The summed E-state index contributed by atoms with van der Waals surface area (Å²) >= 11 is 0. The first-order valence-corrected chi connectivity index (χ1v) is 7.09. The van der Waals surface area contributed by atoms with Crippen LogP contribution in [0.25, 0.3) is 0 Å².